The summed E-state index contributed by atoms with van der Waals surface area (Å²) in [7, 11) is -2.70. The van der Waals surface area contributed by atoms with Crippen LogP contribution in [0.5, 0.6) is 0 Å². The third-order valence-corrected chi connectivity index (χ3v) is 6.65. The van der Waals surface area contributed by atoms with E-state index in [1.807, 2.05) is 0 Å². The first-order valence-corrected chi connectivity index (χ1v) is 10.8. The fourth-order valence-corrected chi connectivity index (χ4v) is 3.76. The number of benzene rings is 2. The van der Waals surface area contributed by atoms with Crippen molar-refractivity contribution < 1.29 is 22.7 Å². The highest BCUT2D eigenvalue weighted by Crippen LogP contribution is 2.29. The smallest absolute Gasteiger partial charge is 0.322 e. The van der Waals surface area contributed by atoms with Gasteiger partial charge in [-0.05, 0) is 43.3 Å². The van der Waals surface area contributed by atoms with Crippen molar-refractivity contribution in [2.24, 2.45) is 0 Å². The molecule has 0 heterocycles. The van der Waals surface area contributed by atoms with Crippen LogP contribution in [0.15, 0.2) is 47.4 Å². The van der Waals surface area contributed by atoms with E-state index in [-0.39, 0.29) is 20.6 Å². The fraction of sp³-hybridized carbons (Fsp3) is 0.222. The van der Waals surface area contributed by atoms with Gasteiger partial charge in [0.25, 0.3) is 5.91 Å². The van der Waals surface area contributed by atoms with E-state index in [1.165, 1.54) is 44.3 Å². The molecule has 0 saturated heterocycles. The van der Waals surface area contributed by atoms with Crippen LogP contribution >= 0.6 is 34.8 Å². The SMILES string of the molecule is CC(OC(=O)CN(C)S(=O)(=O)c1ccc(Cl)cc1)C(=O)Nc1cccc(Cl)c1Cl. The van der Waals surface area contributed by atoms with Crippen molar-refractivity contribution in [1.29, 1.82) is 0 Å². The molecule has 0 spiro atoms. The Morgan fingerprint density at radius 1 is 1.10 bits per heavy atom. The van der Waals surface area contributed by atoms with Crippen molar-refractivity contribution in [1.82, 2.24) is 4.31 Å². The molecule has 0 bridgehead atoms. The van der Waals surface area contributed by atoms with E-state index in [1.54, 1.807) is 12.1 Å². The first-order chi connectivity index (χ1) is 13.5. The number of carbonyl (C=O) groups excluding carboxylic acids is 2. The lowest BCUT2D eigenvalue weighted by atomic mass is 10.3. The maximum absolute atomic E-state index is 12.5. The third-order valence-electron chi connectivity index (χ3n) is 3.76. The standard InChI is InChI=1S/C18H17Cl3N2O5S/c1-11(18(25)22-15-5-3-4-14(20)17(15)21)28-16(24)10-23(2)29(26,27)13-8-6-12(19)7-9-13/h3-9,11H,10H2,1-2H3,(H,22,25). The van der Waals surface area contributed by atoms with Crippen LogP contribution in [-0.2, 0) is 24.3 Å². The molecule has 2 aromatic rings. The maximum atomic E-state index is 12.5. The Morgan fingerprint density at radius 2 is 1.72 bits per heavy atom. The molecule has 1 amide bonds. The number of nitrogens with one attached hydrogen (secondary N) is 1. The molecule has 0 saturated carbocycles. The van der Waals surface area contributed by atoms with Gasteiger partial charge in [0.05, 0.1) is 20.6 Å². The molecule has 1 unspecified atom stereocenters. The molecule has 11 heteroatoms. The molecule has 156 valence electrons. The van der Waals surface area contributed by atoms with Gasteiger partial charge >= 0.3 is 5.97 Å². The summed E-state index contributed by atoms with van der Waals surface area (Å²) in [6, 6.07) is 10.2. The predicted octanol–water partition coefficient (Wildman–Crippen LogP) is 3.84. The second-order valence-corrected chi connectivity index (χ2v) is 9.20. The van der Waals surface area contributed by atoms with Gasteiger partial charge in [-0.1, -0.05) is 40.9 Å². The van der Waals surface area contributed by atoms with E-state index in [0.717, 1.165) is 4.31 Å². The Balaban J connectivity index is 1.97. The molecule has 0 aliphatic rings. The predicted molar refractivity (Wildman–Crippen MR) is 112 cm³/mol. The van der Waals surface area contributed by atoms with Gasteiger partial charge in [-0.25, -0.2) is 8.42 Å². The van der Waals surface area contributed by atoms with Crippen molar-refractivity contribution in [3.63, 3.8) is 0 Å². The number of esters is 1. The normalized spacial score (nSPS) is 12.5. The number of hydrogen-bond acceptors (Lipinski definition) is 5. The van der Waals surface area contributed by atoms with E-state index < -0.39 is 34.5 Å². The van der Waals surface area contributed by atoms with Gasteiger partial charge in [-0.3, -0.25) is 9.59 Å². The maximum Gasteiger partial charge on any atom is 0.322 e. The summed E-state index contributed by atoms with van der Waals surface area (Å²) < 4.78 is 30.8. The molecule has 1 atom stereocenters. The second kappa shape index (κ2) is 9.77. The van der Waals surface area contributed by atoms with E-state index in [0.29, 0.717) is 5.02 Å². The van der Waals surface area contributed by atoms with Crippen LogP contribution in [0.4, 0.5) is 5.69 Å². The summed E-state index contributed by atoms with van der Waals surface area (Å²) in [5.41, 5.74) is 0.259. The van der Waals surface area contributed by atoms with Crippen molar-refractivity contribution in [2.45, 2.75) is 17.9 Å². The number of sulfonamides is 1. The molecule has 0 aliphatic heterocycles. The molecule has 29 heavy (non-hydrogen) atoms. The lowest BCUT2D eigenvalue weighted by molar-refractivity contribution is -0.153. The zero-order valence-electron chi connectivity index (χ0n) is 15.4. The van der Waals surface area contributed by atoms with Crippen LogP contribution in [0.25, 0.3) is 0 Å². The number of nitrogens with zero attached hydrogens (tertiary/aromatic N) is 1. The van der Waals surface area contributed by atoms with Crippen LogP contribution in [0.3, 0.4) is 0 Å². The highest BCUT2D eigenvalue weighted by atomic mass is 35.5. The molecule has 2 aromatic carbocycles. The molecule has 2 rings (SSSR count). The summed E-state index contributed by atoms with van der Waals surface area (Å²) in [6.07, 6.45) is -1.19. The molecule has 0 radical (unpaired) electrons. The Morgan fingerprint density at radius 3 is 2.34 bits per heavy atom. The van der Waals surface area contributed by atoms with Crippen LogP contribution in [0.1, 0.15) is 6.92 Å². The average Bonchev–Trinajstić information content (AvgIpc) is 2.65. The van der Waals surface area contributed by atoms with E-state index in [4.69, 9.17) is 39.5 Å². The van der Waals surface area contributed by atoms with Crippen molar-refractivity contribution in [3.05, 3.63) is 57.5 Å². The van der Waals surface area contributed by atoms with Crippen molar-refractivity contribution in [2.75, 3.05) is 18.9 Å². The second-order valence-electron chi connectivity index (χ2n) is 5.94. The van der Waals surface area contributed by atoms with Gasteiger partial charge in [-0.2, -0.15) is 4.31 Å². The molecule has 0 aromatic heterocycles. The number of anilines is 1. The summed E-state index contributed by atoms with van der Waals surface area (Å²) in [4.78, 5) is 24.3. The van der Waals surface area contributed by atoms with Crippen LogP contribution in [0.2, 0.25) is 15.1 Å². The molecule has 0 fully saturated rings. The summed E-state index contributed by atoms with van der Waals surface area (Å²) >= 11 is 17.6. The number of rotatable bonds is 7. The topological polar surface area (TPSA) is 92.8 Å². The molecule has 7 nitrogen and oxygen atoms in total. The van der Waals surface area contributed by atoms with E-state index >= 15 is 0 Å². The van der Waals surface area contributed by atoms with Gasteiger partial charge in [0.15, 0.2) is 6.10 Å². The summed E-state index contributed by atoms with van der Waals surface area (Å²) in [5.74, 6) is -1.55. The number of likely N-dealkylation sites (N-methyl/N-ethyl adjacent to an activating group) is 1. The monoisotopic (exact) mass is 478 g/mol. The Labute approximate surface area is 183 Å². The number of carbonyl (C=O) groups is 2. The number of amides is 1. The van der Waals surface area contributed by atoms with Gasteiger partial charge in [0, 0.05) is 12.1 Å². The summed E-state index contributed by atoms with van der Waals surface area (Å²) in [5, 5.41) is 3.28. The van der Waals surface area contributed by atoms with Crippen molar-refractivity contribution >= 4 is 62.4 Å². The Hall–Kier alpha value is -1.84. The lowest BCUT2D eigenvalue weighted by Gasteiger charge is -2.19. The van der Waals surface area contributed by atoms with Crippen LogP contribution in [-0.4, -0.2) is 44.3 Å². The minimum Gasteiger partial charge on any atom is -0.452 e. The zero-order chi connectivity index (χ0) is 21.8. The average molecular weight is 480 g/mol. The number of hydrogen-bond donors (Lipinski definition) is 1. The molecule has 0 aliphatic carbocycles. The molecular weight excluding hydrogens is 463 g/mol. The van der Waals surface area contributed by atoms with Crippen LogP contribution < -0.4 is 5.32 Å². The quantitative estimate of drug-likeness (QED) is 0.609. The lowest BCUT2D eigenvalue weighted by Crippen LogP contribution is -2.37. The first kappa shape index (κ1) is 23.4. The highest BCUT2D eigenvalue weighted by Gasteiger charge is 2.26. The van der Waals surface area contributed by atoms with Crippen LogP contribution in [0, 0.1) is 0 Å². The van der Waals surface area contributed by atoms with E-state index in [9.17, 15) is 18.0 Å². The minimum atomic E-state index is -3.92. The Kier molecular flexibility index (Phi) is 7.90. The van der Waals surface area contributed by atoms with Gasteiger partial charge < -0.3 is 10.1 Å². The fourth-order valence-electron chi connectivity index (χ4n) is 2.18. The zero-order valence-corrected chi connectivity index (χ0v) is 18.4. The highest BCUT2D eigenvalue weighted by molar-refractivity contribution is 7.89. The number of ether oxygens (including phenoxy) is 1. The summed E-state index contributed by atoms with van der Waals surface area (Å²) in [6.45, 7) is 0.764. The molecular formula is C18H17Cl3N2O5S. The Bertz CT molecular complexity index is 1010. The van der Waals surface area contributed by atoms with Gasteiger partial charge in [0.1, 0.15) is 6.54 Å². The van der Waals surface area contributed by atoms with Gasteiger partial charge in [0.2, 0.25) is 10.0 Å². The molecule has 1 N–H and O–H groups in total. The minimum absolute atomic E-state index is 0.0291. The van der Waals surface area contributed by atoms with Crippen molar-refractivity contribution in [3.8, 4) is 0 Å². The van der Waals surface area contributed by atoms with E-state index in [2.05, 4.69) is 5.32 Å². The van der Waals surface area contributed by atoms with Gasteiger partial charge in [-0.15, -0.1) is 0 Å². The largest absolute Gasteiger partial charge is 0.452 e. The first-order valence-electron chi connectivity index (χ1n) is 8.18. The number of halogens is 3. The third kappa shape index (κ3) is 6.07.